The highest BCUT2D eigenvalue weighted by Gasteiger charge is 2.21. The molecule has 1 heterocycles. The van der Waals surface area contributed by atoms with Gasteiger partial charge in [0.1, 0.15) is 5.52 Å². The average Bonchev–Trinajstić information content (AvgIpc) is 3.02. The van der Waals surface area contributed by atoms with Crippen molar-refractivity contribution in [3.8, 4) is 0 Å². The summed E-state index contributed by atoms with van der Waals surface area (Å²) in [6.45, 7) is 1.74. The maximum atomic E-state index is 15.0. The Hall–Kier alpha value is -1.94. The summed E-state index contributed by atoms with van der Waals surface area (Å²) in [7, 11) is 1.70. The van der Waals surface area contributed by atoms with Gasteiger partial charge >= 0.3 is 0 Å². The van der Waals surface area contributed by atoms with E-state index in [-0.39, 0.29) is 36.5 Å². The van der Waals surface area contributed by atoms with Crippen molar-refractivity contribution in [2.75, 3.05) is 25.1 Å². The number of hydroxylamine groups is 1. The Kier molecular flexibility index (Phi) is 8.43. The minimum absolute atomic E-state index is 0.0270. The van der Waals surface area contributed by atoms with E-state index in [4.69, 9.17) is 21.5 Å². The molecule has 2 aromatic rings. The van der Waals surface area contributed by atoms with Crippen LogP contribution in [-0.2, 0) is 11.9 Å². The van der Waals surface area contributed by atoms with Gasteiger partial charge in [-0.25, -0.2) is 14.9 Å². The number of carbonyl (C=O) groups is 1. The van der Waals surface area contributed by atoms with Crippen LogP contribution in [0.25, 0.3) is 11.0 Å². The number of fused-ring (bicyclic) bond motifs is 1. The lowest BCUT2D eigenvalue weighted by Crippen LogP contribution is -2.26. The molecule has 0 unspecified atom stereocenters. The van der Waals surface area contributed by atoms with Crippen LogP contribution in [0.3, 0.4) is 0 Å². The average molecular weight is 476 g/mol. The summed E-state index contributed by atoms with van der Waals surface area (Å²) in [5, 5.41) is 12.0. The molecule has 0 saturated carbocycles. The molecule has 3 N–H and O–H groups in total. The summed E-state index contributed by atoms with van der Waals surface area (Å²) >= 11 is 9.58. The number of anilines is 1. The SMILES string of the molecule is CC/C=C(Br)\C=C(\Cl)CNc1c(C(=O)NOCCO)cc2c(ncn2C)c1F. The van der Waals surface area contributed by atoms with Crippen LogP contribution in [0, 0.1) is 5.82 Å². The van der Waals surface area contributed by atoms with E-state index in [1.807, 2.05) is 13.0 Å². The maximum Gasteiger partial charge on any atom is 0.277 e. The van der Waals surface area contributed by atoms with Gasteiger partial charge < -0.3 is 15.0 Å². The molecule has 0 aliphatic heterocycles. The predicted molar refractivity (Wildman–Crippen MR) is 111 cm³/mol. The number of nitrogens with one attached hydrogen (secondary N) is 2. The zero-order valence-electron chi connectivity index (χ0n) is 15.4. The molecule has 0 atom stereocenters. The van der Waals surface area contributed by atoms with Crippen LogP contribution >= 0.6 is 27.5 Å². The molecular weight excluding hydrogens is 455 g/mol. The van der Waals surface area contributed by atoms with Crippen molar-refractivity contribution in [2.24, 2.45) is 7.05 Å². The first-order chi connectivity index (χ1) is 13.4. The quantitative estimate of drug-likeness (QED) is 0.293. The van der Waals surface area contributed by atoms with Crippen LogP contribution in [0.5, 0.6) is 0 Å². The Labute approximate surface area is 175 Å². The number of aryl methyl sites for hydroxylation is 1. The van der Waals surface area contributed by atoms with Gasteiger partial charge in [0.2, 0.25) is 0 Å². The zero-order chi connectivity index (χ0) is 20.7. The summed E-state index contributed by atoms with van der Waals surface area (Å²) in [6.07, 6.45) is 5.92. The first-order valence-corrected chi connectivity index (χ1v) is 9.68. The van der Waals surface area contributed by atoms with Gasteiger partial charge in [0.05, 0.1) is 42.9 Å². The van der Waals surface area contributed by atoms with Crippen molar-refractivity contribution in [3.05, 3.63) is 45.4 Å². The molecule has 1 amide bonds. The van der Waals surface area contributed by atoms with Gasteiger partial charge in [-0.3, -0.25) is 9.63 Å². The predicted octanol–water partition coefficient (Wildman–Crippen LogP) is 3.59. The third-order valence-corrected chi connectivity index (χ3v) is 4.49. The fourth-order valence-corrected chi connectivity index (χ4v) is 3.34. The Morgan fingerprint density at radius 3 is 2.96 bits per heavy atom. The summed E-state index contributed by atoms with van der Waals surface area (Å²) in [4.78, 5) is 21.4. The van der Waals surface area contributed by atoms with E-state index in [2.05, 4.69) is 31.7 Å². The van der Waals surface area contributed by atoms with Crippen molar-refractivity contribution < 1.29 is 19.1 Å². The first-order valence-electron chi connectivity index (χ1n) is 8.51. The molecule has 0 aliphatic carbocycles. The van der Waals surface area contributed by atoms with E-state index in [9.17, 15) is 4.79 Å². The molecule has 0 aliphatic rings. The van der Waals surface area contributed by atoms with Crippen molar-refractivity contribution in [1.29, 1.82) is 0 Å². The number of benzene rings is 1. The monoisotopic (exact) mass is 474 g/mol. The van der Waals surface area contributed by atoms with E-state index in [0.29, 0.717) is 10.5 Å². The molecule has 10 heteroatoms. The number of hydrogen-bond donors (Lipinski definition) is 3. The number of nitrogens with zero attached hydrogens (tertiary/aromatic N) is 2. The number of aliphatic hydroxyl groups excluding tert-OH is 1. The van der Waals surface area contributed by atoms with Gasteiger partial charge in [0.15, 0.2) is 5.82 Å². The van der Waals surface area contributed by atoms with Crippen LogP contribution in [0.1, 0.15) is 23.7 Å². The standard InChI is InChI=1S/C18H21BrClFN4O3/c1-3-4-11(19)7-12(20)9-22-16-13(18(27)24-28-6-5-26)8-14-17(15(16)21)23-10-25(14)2/h4,7-8,10,22,26H,3,5-6,9H2,1-2H3,(H,24,27)/b11-4+,12-7+. The number of carbonyl (C=O) groups excluding carboxylic acids is 1. The Bertz CT molecular complexity index is 914. The normalized spacial score (nSPS) is 12.5. The smallest absolute Gasteiger partial charge is 0.277 e. The Morgan fingerprint density at radius 1 is 1.54 bits per heavy atom. The summed E-state index contributed by atoms with van der Waals surface area (Å²) in [5.41, 5.74) is 2.74. The van der Waals surface area contributed by atoms with Gasteiger partial charge in [-0.05, 0) is 18.6 Å². The van der Waals surface area contributed by atoms with E-state index in [0.717, 1.165) is 10.9 Å². The molecule has 0 radical (unpaired) electrons. The third kappa shape index (κ3) is 5.54. The highest BCUT2D eigenvalue weighted by Crippen LogP contribution is 2.28. The molecule has 152 valence electrons. The summed E-state index contributed by atoms with van der Waals surface area (Å²) in [5.74, 6) is -1.33. The molecule has 28 heavy (non-hydrogen) atoms. The van der Waals surface area contributed by atoms with Gasteiger partial charge in [0.25, 0.3) is 5.91 Å². The van der Waals surface area contributed by atoms with Gasteiger partial charge in [-0.2, -0.15) is 0 Å². The second-order valence-corrected chi connectivity index (χ2v) is 7.18. The lowest BCUT2D eigenvalue weighted by Gasteiger charge is -2.14. The highest BCUT2D eigenvalue weighted by atomic mass is 79.9. The van der Waals surface area contributed by atoms with E-state index < -0.39 is 11.7 Å². The van der Waals surface area contributed by atoms with Crippen molar-refractivity contribution >= 4 is 50.2 Å². The molecular formula is C18H21BrClFN4O3. The Balaban J connectivity index is 2.36. The third-order valence-electron chi connectivity index (χ3n) is 3.69. The maximum absolute atomic E-state index is 15.0. The highest BCUT2D eigenvalue weighted by molar-refractivity contribution is 9.11. The molecule has 7 nitrogen and oxygen atoms in total. The minimum atomic E-state index is -0.668. The van der Waals surface area contributed by atoms with Gasteiger partial charge in [-0.15, -0.1) is 0 Å². The van der Waals surface area contributed by atoms with E-state index in [1.165, 1.54) is 12.4 Å². The van der Waals surface area contributed by atoms with Crippen molar-refractivity contribution in [3.63, 3.8) is 0 Å². The van der Waals surface area contributed by atoms with Gasteiger partial charge in [-0.1, -0.05) is 40.5 Å². The molecule has 1 aromatic carbocycles. The largest absolute Gasteiger partial charge is 0.394 e. The van der Waals surface area contributed by atoms with Crippen LogP contribution in [0.15, 0.2) is 34.1 Å². The number of halogens is 3. The molecule has 0 bridgehead atoms. The van der Waals surface area contributed by atoms with Crippen molar-refractivity contribution in [2.45, 2.75) is 13.3 Å². The van der Waals surface area contributed by atoms with Crippen LogP contribution in [0.4, 0.5) is 10.1 Å². The molecule has 1 aromatic heterocycles. The van der Waals surface area contributed by atoms with Crippen molar-refractivity contribution in [1.82, 2.24) is 15.0 Å². The number of allylic oxidation sites excluding steroid dienone is 3. The molecule has 0 saturated heterocycles. The van der Waals surface area contributed by atoms with Crippen LogP contribution in [-0.4, -0.2) is 40.3 Å². The second kappa shape index (κ2) is 10.6. The first kappa shape index (κ1) is 22.4. The number of aliphatic hydroxyl groups is 1. The summed E-state index contributed by atoms with van der Waals surface area (Å²) in [6, 6.07) is 1.51. The number of aromatic nitrogens is 2. The zero-order valence-corrected chi connectivity index (χ0v) is 17.8. The lowest BCUT2D eigenvalue weighted by molar-refractivity contribution is 0.0169. The number of imidazole rings is 1. The fourth-order valence-electron chi connectivity index (χ4n) is 2.42. The van der Waals surface area contributed by atoms with Gasteiger partial charge in [0, 0.05) is 16.6 Å². The number of amides is 1. The molecule has 0 spiro atoms. The molecule has 0 fully saturated rings. The lowest BCUT2D eigenvalue weighted by atomic mass is 10.1. The number of rotatable bonds is 9. The Morgan fingerprint density at radius 2 is 2.29 bits per heavy atom. The molecule has 2 rings (SSSR count). The van der Waals surface area contributed by atoms with E-state index in [1.54, 1.807) is 17.7 Å². The fraction of sp³-hybridized carbons (Fsp3) is 0.333. The van der Waals surface area contributed by atoms with Crippen LogP contribution < -0.4 is 10.8 Å². The topological polar surface area (TPSA) is 88.4 Å². The summed E-state index contributed by atoms with van der Waals surface area (Å²) < 4.78 is 17.5. The minimum Gasteiger partial charge on any atom is -0.394 e. The van der Waals surface area contributed by atoms with Crippen LogP contribution in [0.2, 0.25) is 0 Å². The second-order valence-electron chi connectivity index (χ2n) is 5.78. The van der Waals surface area contributed by atoms with E-state index >= 15 is 4.39 Å². The number of hydrogen-bond acceptors (Lipinski definition) is 5.